The molecule has 0 radical (unpaired) electrons. The molecular weight excluding hydrogens is 248 g/mol. The van der Waals surface area contributed by atoms with Gasteiger partial charge in [-0.15, -0.1) is 0 Å². The fourth-order valence-corrected chi connectivity index (χ4v) is 3.55. The Morgan fingerprint density at radius 1 is 1.10 bits per heavy atom. The second-order valence-electron chi connectivity index (χ2n) is 6.26. The molecule has 0 amide bonds. The summed E-state index contributed by atoms with van der Waals surface area (Å²) in [6.07, 6.45) is 4.81. The number of hydrogen-bond acceptors (Lipinski definition) is 3. The van der Waals surface area contributed by atoms with E-state index in [0.29, 0.717) is 12.1 Å². The van der Waals surface area contributed by atoms with Gasteiger partial charge < -0.3 is 10.5 Å². The Labute approximate surface area is 122 Å². The quantitative estimate of drug-likeness (QED) is 0.917. The van der Waals surface area contributed by atoms with Crippen LogP contribution in [0.15, 0.2) is 30.3 Å². The van der Waals surface area contributed by atoms with E-state index in [9.17, 15) is 0 Å². The van der Waals surface area contributed by atoms with Crippen molar-refractivity contribution in [2.45, 2.75) is 37.8 Å². The Morgan fingerprint density at radius 3 is 2.55 bits per heavy atom. The maximum atomic E-state index is 6.25. The second-order valence-corrected chi connectivity index (χ2v) is 6.26. The Hall–Kier alpha value is -0.900. The zero-order valence-corrected chi connectivity index (χ0v) is 12.2. The summed E-state index contributed by atoms with van der Waals surface area (Å²) in [5.41, 5.74) is 7.72. The first-order valence-electron chi connectivity index (χ1n) is 7.94. The Kier molecular flexibility index (Phi) is 4.71. The lowest BCUT2D eigenvalue weighted by molar-refractivity contribution is -0.00633. The van der Waals surface area contributed by atoms with E-state index >= 15 is 0 Å². The average Bonchev–Trinajstić information content (AvgIpc) is 2.50. The van der Waals surface area contributed by atoms with Crippen molar-refractivity contribution in [3.05, 3.63) is 35.9 Å². The van der Waals surface area contributed by atoms with Crippen LogP contribution in [0, 0.1) is 5.92 Å². The van der Waals surface area contributed by atoms with E-state index < -0.39 is 0 Å². The van der Waals surface area contributed by atoms with Gasteiger partial charge in [0.25, 0.3) is 0 Å². The highest BCUT2D eigenvalue weighted by molar-refractivity contribution is 5.15. The summed E-state index contributed by atoms with van der Waals surface area (Å²) in [6.45, 7) is 4.02. The predicted octanol–water partition coefficient (Wildman–Crippen LogP) is 2.06. The summed E-state index contributed by atoms with van der Waals surface area (Å²) in [4.78, 5) is 2.56. The Bertz CT molecular complexity index is 401. The molecule has 0 aliphatic carbocycles. The minimum atomic E-state index is 0.300. The second kappa shape index (κ2) is 6.70. The highest BCUT2D eigenvalue weighted by Crippen LogP contribution is 2.24. The molecule has 2 unspecified atom stereocenters. The molecule has 2 aliphatic rings. The van der Waals surface area contributed by atoms with Crippen LogP contribution in [0.2, 0.25) is 0 Å². The van der Waals surface area contributed by atoms with E-state index in [-0.39, 0.29) is 0 Å². The molecule has 2 N–H and O–H groups in total. The van der Waals surface area contributed by atoms with Gasteiger partial charge in [0, 0.05) is 18.7 Å². The summed E-state index contributed by atoms with van der Waals surface area (Å²) in [5.74, 6) is 0.828. The van der Waals surface area contributed by atoms with Crippen LogP contribution in [0.4, 0.5) is 0 Å². The van der Waals surface area contributed by atoms with Crippen molar-refractivity contribution in [3.8, 4) is 0 Å². The Morgan fingerprint density at radius 2 is 1.85 bits per heavy atom. The lowest BCUT2D eigenvalue weighted by Crippen LogP contribution is -2.55. The number of ether oxygens (including phenoxy) is 1. The van der Waals surface area contributed by atoms with Gasteiger partial charge in [-0.3, -0.25) is 4.90 Å². The molecule has 0 aromatic heterocycles. The van der Waals surface area contributed by atoms with Gasteiger partial charge >= 0.3 is 0 Å². The summed E-state index contributed by atoms with van der Waals surface area (Å²) in [7, 11) is 0. The first kappa shape index (κ1) is 14.1. The standard InChI is InChI=1S/C17H26N2O/c18-16-8-11-20-13-17(16)19-9-6-15(7-10-19)12-14-4-2-1-3-5-14/h1-5,15-17H,6-13,18H2. The van der Waals surface area contributed by atoms with E-state index in [1.807, 2.05) is 0 Å². The van der Waals surface area contributed by atoms with Gasteiger partial charge in [-0.25, -0.2) is 0 Å². The van der Waals surface area contributed by atoms with Gasteiger partial charge in [-0.1, -0.05) is 30.3 Å². The van der Waals surface area contributed by atoms with Crippen LogP contribution in [0.1, 0.15) is 24.8 Å². The number of benzene rings is 1. The molecule has 0 spiro atoms. The average molecular weight is 274 g/mol. The number of hydrogen-bond donors (Lipinski definition) is 1. The van der Waals surface area contributed by atoms with Gasteiger partial charge in [0.05, 0.1) is 6.61 Å². The number of nitrogens with two attached hydrogens (primary N) is 1. The van der Waals surface area contributed by atoms with Crippen LogP contribution in [0.5, 0.6) is 0 Å². The van der Waals surface area contributed by atoms with Crippen molar-refractivity contribution in [1.29, 1.82) is 0 Å². The third kappa shape index (κ3) is 3.40. The number of nitrogens with zero attached hydrogens (tertiary/aromatic N) is 1. The highest BCUT2D eigenvalue weighted by atomic mass is 16.5. The molecule has 3 heteroatoms. The summed E-state index contributed by atoms with van der Waals surface area (Å²) >= 11 is 0. The van der Waals surface area contributed by atoms with Gasteiger partial charge in [0.15, 0.2) is 0 Å². The van der Waals surface area contributed by atoms with Crippen molar-refractivity contribution >= 4 is 0 Å². The minimum absolute atomic E-state index is 0.300. The molecule has 2 fully saturated rings. The fraction of sp³-hybridized carbons (Fsp3) is 0.647. The van der Waals surface area contributed by atoms with Gasteiger partial charge in [0.1, 0.15) is 0 Å². The van der Waals surface area contributed by atoms with Crippen LogP contribution in [-0.4, -0.2) is 43.3 Å². The molecule has 3 rings (SSSR count). The zero-order chi connectivity index (χ0) is 13.8. The third-order valence-corrected chi connectivity index (χ3v) is 4.86. The molecule has 1 aromatic carbocycles. The van der Waals surface area contributed by atoms with Crippen LogP contribution >= 0.6 is 0 Å². The van der Waals surface area contributed by atoms with Gasteiger partial charge in [0.2, 0.25) is 0 Å². The molecule has 0 saturated carbocycles. The molecule has 2 atom stereocenters. The molecule has 2 aliphatic heterocycles. The number of piperidine rings is 1. The maximum absolute atomic E-state index is 6.25. The lowest BCUT2D eigenvalue weighted by Gasteiger charge is -2.42. The molecule has 0 bridgehead atoms. The third-order valence-electron chi connectivity index (χ3n) is 4.86. The van der Waals surface area contributed by atoms with Crippen LogP contribution in [-0.2, 0) is 11.2 Å². The van der Waals surface area contributed by atoms with E-state index in [1.165, 1.54) is 37.9 Å². The molecule has 110 valence electrons. The first-order valence-corrected chi connectivity index (χ1v) is 7.94. The van der Waals surface area contributed by atoms with Crippen LogP contribution in [0.25, 0.3) is 0 Å². The number of likely N-dealkylation sites (tertiary alicyclic amines) is 1. The maximum Gasteiger partial charge on any atom is 0.0636 e. The monoisotopic (exact) mass is 274 g/mol. The minimum Gasteiger partial charge on any atom is -0.380 e. The van der Waals surface area contributed by atoms with Gasteiger partial charge in [-0.05, 0) is 50.3 Å². The fourth-order valence-electron chi connectivity index (χ4n) is 3.55. The SMILES string of the molecule is NC1CCOCC1N1CCC(Cc2ccccc2)CC1. The van der Waals surface area contributed by atoms with Crippen molar-refractivity contribution < 1.29 is 4.74 Å². The largest absolute Gasteiger partial charge is 0.380 e. The summed E-state index contributed by atoms with van der Waals surface area (Å²) in [6, 6.07) is 11.6. The molecule has 3 nitrogen and oxygen atoms in total. The molecule has 2 saturated heterocycles. The van der Waals surface area contributed by atoms with Crippen LogP contribution in [0.3, 0.4) is 0 Å². The van der Waals surface area contributed by atoms with E-state index in [2.05, 4.69) is 35.2 Å². The highest BCUT2D eigenvalue weighted by Gasteiger charge is 2.31. The van der Waals surface area contributed by atoms with E-state index in [0.717, 1.165) is 25.6 Å². The zero-order valence-electron chi connectivity index (χ0n) is 12.2. The molecule has 1 aromatic rings. The first-order chi connectivity index (χ1) is 9.83. The van der Waals surface area contributed by atoms with E-state index in [1.54, 1.807) is 0 Å². The topological polar surface area (TPSA) is 38.5 Å². The van der Waals surface area contributed by atoms with Crippen LogP contribution < -0.4 is 5.73 Å². The van der Waals surface area contributed by atoms with E-state index in [4.69, 9.17) is 10.5 Å². The summed E-state index contributed by atoms with van der Waals surface area (Å²) < 4.78 is 5.61. The molecule has 2 heterocycles. The van der Waals surface area contributed by atoms with Crippen molar-refractivity contribution in [2.75, 3.05) is 26.3 Å². The lowest BCUT2D eigenvalue weighted by atomic mass is 9.88. The molecular formula is C17H26N2O. The van der Waals surface area contributed by atoms with Crippen molar-refractivity contribution in [2.24, 2.45) is 11.7 Å². The summed E-state index contributed by atoms with van der Waals surface area (Å²) in [5, 5.41) is 0. The normalized spacial score (nSPS) is 29.4. The van der Waals surface area contributed by atoms with Crippen molar-refractivity contribution in [1.82, 2.24) is 4.90 Å². The Balaban J connectivity index is 1.49. The van der Waals surface area contributed by atoms with Crippen molar-refractivity contribution in [3.63, 3.8) is 0 Å². The number of rotatable bonds is 3. The predicted molar refractivity (Wildman–Crippen MR) is 81.6 cm³/mol. The molecule has 20 heavy (non-hydrogen) atoms. The smallest absolute Gasteiger partial charge is 0.0636 e. The van der Waals surface area contributed by atoms with Gasteiger partial charge in [-0.2, -0.15) is 0 Å².